The van der Waals surface area contributed by atoms with Crippen LogP contribution in [0.15, 0.2) is 48.2 Å². The van der Waals surface area contributed by atoms with Crippen molar-refractivity contribution in [3.05, 3.63) is 53.8 Å². The molecule has 5 heteroatoms. The lowest BCUT2D eigenvalue weighted by molar-refractivity contribution is -0.138. The van der Waals surface area contributed by atoms with Crippen LogP contribution in [0.1, 0.15) is 25.8 Å². The van der Waals surface area contributed by atoms with Gasteiger partial charge >= 0.3 is 5.97 Å². The Kier molecular flexibility index (Phi) is 4.47. The molecule has 0 heterocycles. The van der Waals surface area contributed by atoms with Gasteiger partial charge in [0.05, 0.1) is 11.5 Å². The van der Waals surface area contributed by atoms with Gasteiger partial charge in [0, 0.05) is 13.3 Å². The van der Waals surface area contributed by atoms with Gasteiger partial charge in [0.1, 0.15) is 5.76 Å². The van der Waals surface area contributed by atoms with Crippen molar-refractivity contribution in [1.82, 2.24) is 0 Å². The van der Waals surface area contributed by atoms with Gasteiger partial charge in [-0.15, -0.1) is 0 Å². The first-order valence-electron chi connectivity index (χ1n) is 6.97. The van der Waals surface area contributed by atoms with E-state index in [1.165, 1.54) is 13.8 Å². The van der Waals surface area contributed by atoms with Gasteiger partial charge in [0.2, 0.25) is 5.91 Å². The number of nitrogens with two attached hydrogens (primary N) is 1. The van der Waals surface area contributed by atoms with Crippen LogP contribution in [0.4, 0.5) is 0 Å². The van der Waals surface area contributed by atoms with Crippen molar-refractivity contribution < 1.29 is 19.4 Å². The number of hydrogen-bond acceptors (Lipinski definition) is 4. The van der Waals surface area contributed by atoms with Crippen LogP contribution in [0.3, 0.4) is 0 Å². The molecule has 3 N–H and O–H groups in total. The predicted molar refractivity (Wildman–Crippen MR) is 82.2 cm³/mol. The fourth-order valence-electron chi connectivity index (χ4n) is 2.54. The first-order chi connectivity index (χ1) is 10.3. The van der Waals surface area contributed by atoms with Crippen LogP contribution in [0.25, 0.3) is 5.57 Å². The molecule has 0 saturated heterocycles. The quantitative estimate of drug-likeness (QED) is 0.833. The van der Waals surface area contributed by atoms with Gasteiger partial charge in [-0.2, -0.15) is 0 Å². The van der Waals surface area contributed by atoms with Crippen molar-refractivity contribution in [2.24, 2.45) is 11.7 Å². The van der Waals surface area contributed by atoms with Gasteiger partial charge in [0.15, 0.2) is 0 Å². The lowest BCUT2D eigenvalue weighted by Gasteiger charge is -2.28. The van der Waals surface area contributed by atoms with Crippen LogP contribution in [-0.4, -0.2) is 22.6 Å². The molecule has 0 radical (unpaired) electrons. The third kappa shape index (κ3) is 3.62. The van der Waals surface area contributed by atoms with Crippen molar-refractivity contribution in [2.45, 2.75) is 25.9 Å². The number of amides is 1. The van der Waals surface area contributed by atoms with Crippen LogP contribution in [0.2, 0.25) is 0 Å². The molecule has 2 rings (SSSR count). The average molecular weight is 301 g/mol. The largest absolute Gasteiger partial charge is 0.431 e. The topological polar surface area (TPSA) is 89.6 Å². The van der Waals surface area contributed by atoms with Gasteiger partial charge in [-0.05, 0) is 24.1 Å². The van der Waals surface area contributed by atoms with Gasteiger partial charge in [-0.25, -0.2) is 0 Å². The number of carbonyl (C=O) groups is 2. The summed E-state index contributed by atoms with van der Waals surface area (Å²) in [5, 5.41) is 10.6. The molecule has 1 amide bonds. The lowest BCUT2D eigenvalue weighted by atomic mass is 9.85. The van der Waals surface area contributed by atoms with Gasteiger partial charge in [-0.1, -0.05) is 36.4 Å². The van der Waals surface area contributed by atoms with E-state index in [-0.39, 0.29) is 6.42 Å². The standard InChI is InChI=1S/C17H19NO4/c1-11(19)22-14-8-13(12-6-4-3-5-7-12)9-15(16(18)20)17(2,21)10-14/h3-9,15,21H,10H2,1-2H3,(H2,18,20)/t15-,17-/m0/s1. The summed E-state index contributed by atoms with van der Waals surface area (Å²) >= 11 is 0. The van der Waals surface area contributed by atoms with E-state index < -0.39 is 23.4 Å². The van der Waals surface area contributed by atoms with Crippen molar-refractivity contribution in [3.63, 3.8) is 0 Å². The molecule has 0 saturated carbocycles. The molecule has 0 aromatic heterocycles. The second-order valence-electron chi connectivity index (χ2n) is 5.61. The molecule has 1 aromatic rings. The second kappa shape index (κ2) is 6.15. The summed E-state index contributed by atoms with van der Waals surface area (Å²) in [6.07, 6.45) is 3.30. The maximum atomic E-state index is 11.7. The maximum Gasteiger partial charge on any atom is 0.307 e. The van der Waals surface area contributed by atoms with E-state index >= 15 is 0 Å². The number of rotatable bonds is 3. The van der Waals surface area contributed by atoms with Crippen LogP contribution in [0, 0.1) is 5.92 Å². The monoisotopic (exact) mass is 301 g/mol. The molecule has 0 spiro atoms. The average Bonchev–Trinajstić information content (AvgIpc) is 2.54. The smallest absolute Gasteiger partial charge is 0.307 e. The highest BCUT2D eigenvalue weighted by Crippen LogP contribution is 2.34. The number of hydrogen-bond donors (Lipinski definition) is 2. The lowest BCUT2D eigenvalue weighted by Crippen LogP contribution is -2.42. The Morgan fingerprint density at radius 3 is 2.50 bits per heavy atom. The van der Waals surface area contributed by atoms with Gasteiger partial charge in [-0.3, -0.25) is 9.59 Å². The number of carbonyl (C=O) groups excluding carboxylic acids is 2. The Hall–Kier alpha value is -2.40. The zero-order valence-electron chi connectivity index (χ0n) is 12.6. The van der Waals surface area contributed by atoms with Crippen LogP contribution in [0.5, 0.6) is 0 Å². The summed E-state index contributed by atoms with van der Waals surface area (Å²) in [6, 6.07) is 9.33. The number of ether oxygens (including phenoxy) is 1. The number of esters is 1. The summed E-state index contributed by atoms with van der Waals surface area (Å²) in [4.78, 5) is 23.0. The van der Waals surface area contributed by atoms with Crippen LogP contribution < -0.4 is 5.73 Å². The molecular formula is C17H19NO4. The van der Waals surface area contributed by atoms with Gasteiger partial charge in [0.25, 0.3) is 0 Å². The minimum atomic E-state index is -1.43. The molecule has 0 bridgehead atoms. The Labute approximate surface area is 129 Å². The molecule has 1 aliphatic carbocycles. The highest BCUT2D eigenvalue weighted by molar-refractivity contribution is 5.85. The molecule has 1 aliphatic rings. The molecule has 116 valence electrons. The highest BCUT2D eigenvalue weighted by Gasteiger charge is 2.38. The molecule has 0 unspecified atom stereocenters. The minimum Gasteiger partial charge on any atom is -0.431 e. The highest BCUT2D eigenvalue weighted by atomic mass is 16.5. The molecule has 0 aliphatic heterocycles. The van der Waals surface area contributed by atoms with E-state index in [4.69, 9.17) is 10.5 Å². The molecule has 22 heavy (non-hydrogen) atoms. The molecule has 1 aromatic carbocycles. The third-order valence-electron chi connectivity index (χ3n) is 3.55. The van der Waals surface area contributed by atoms with Crippen molar-refractivity contribution >= 4 is 17.4 Å². The Balaban J connectivity index is 2.52. The predicted octanol–water partition coefficient (Wildman–Crippen LogP) is 1.77. The van der Waals surface area contributed by atoms with Crippen LogP contribution in [-0.2, 0) is 14.3 Å². The third-order valence-corrected chi connectivity index (χ3v) is 3.55. The van der Waals surface area contributed by atoms with Crippen molar-refractivity contribution in [3.8, 4) is 0 Å². The van der Waals surface area contributed by atoms with E-state index in [9.17, 15) is 14.7 Å². The van der Waals surface area contributed by atoms with Crippen LogP contribution >= 0.6 is 0 Å². The molecule has 5 nitrogen and oxygen atoms in total. The minimum absolute atomic E-state index is 0.0209. The summed E-state index contributed by atoms with van der Waals surface area (Å²) in [5.74, 6) is -1.69. The Morgan fingerprint density at radius 2 is 1.95 bits per heavy atom. The molecule has 2 atom stereocenters. The fraction of sp³-hybridized carbons (Fsp3) is 0.294. The van der Waals surface area contributed by atoms with E-state index in [0.29, 0.717) is 11.3 Å². The number of primary amides is 1. The SMILES string of the molecule is CC(=O)OC1=CC(c2ccccc2)=C[C@@H](C(N)=O)[C@@](C)(O)C1. The zero-order valence-corrected chi connectivity index (χ0v) is 12.6. The maximum absolute atomic E-state index is 11.7. The van der Waals surface area contributed by atoms with Gasteiger partial charge < -0.3 is 15.6 Å². The Bertz CT molecular complexity index is 644. The van der Waals surface area contributed by atoms with E-state index in [0.717, 1.165) is 5.56 Å². The first kappa shape index (κ1) is 16.0. The number of allylic oxidation sites excluding steroid dienone is 2. The van der Waals surface area contributed by atoms with Crippen molar-refractivity contribution in [2.75, 3.05) is 0 Å². The molecule has 0 fully saturated rings. The first-order valence-corrected chi connectivity index (χ1v) is 6.97. The summed E-state index contributed by atoms with van der Waals surface area (Å²) in [6.45, 7) is 2.79. The zero-order chi connectivity index (χ0) is 16.3. The summed E-state index contributed by atoms with van der Waals surface area (Å²) in [5.41, 5.74) is 5.52. The second-order valence-corrected chi connectivity index (χ2v) is 5.61. The fourth-order valence-corrected chi connectivity index (χ4v) is 2.54. The normalized spacial score (nSPS) is 24.8. The van der Waals surface area contributed by atoms with E-state index in [2.05, 4.69) is 0 Å². The van der Waals surface area contributed by atoms with E-state index in [1.807, 2.05) is 30.3 Å². The summed E-state index contributed by atoms with van der Waals surface area (Å²) in [7, 11) is 0. The summed E-state index contributed by atoms with van der Waals surface area (Å²) < 4.78 is 5.16. The number of benzene rings is 1. The molecular weight excluding hydrogens is 282 g/mol. The number of aliphatic hydroxyl groups is 1. The Morgan fingerprint density at radius 1 is 1.32 bits per heavy atom. The van der Waals surface area contributed by atoms with E-state index in [1.54, 1.807) is 12.2 Å². The van der Waals surface area contributed by atoms with Crippen molar-refractivity contribution in [1.29, 1.82) is 0 Å².